The smallest absolute Gasteiger partial charge is 0.319 e. The lowest BCUT2D eigenvalue weighted by molar-refractivity contribution is 0.146. The van der Waals surface area contributed by atoms with Crippen molar-refractivity contribution in [1.82, 2.24) is 15.1 Å². The fourth-order valence-electron chi connectivity index (χ4n) is 3.45. The van der Waals surface area contributed by atoms with Crippen molar-refractivity contribution in [2.24, 2.45) is 0 Å². The molecule has 0 unspecified atom stereocenters. The van der Waals surface area contributed by atoms with Crippen molar-refractivity contribution in [2.45, 2.75) is 38.6 Å². The first-order chi connectivity index (χ1) is 12.0. The van der Waals surface area contributed by atoms with Gasteiger partial charge in [-0.2, -0.15) is 0 Å². The number of carbonyl (C=O) groups excluding carboxylic acids is 2. The maximum Gasteiger partial charge on any atom is 0.319 e. The van der Waals surface area contributed by atoms with Crippen LogP contribution in [0.2, 0.25) is 5.02 Å². The van der Waals surface area contributed by atoms with Crippen molar-refractivity contribution in [3.05, 3.63) is 28.8 Å². The minimum absolute atomic E-state index is 0.0745. The Morgan fingerprint density at radius 3 is 2.36 bits per heavy atom. The summed E-state index contributed by atoms with van der Waals surface area (Å²) in [5, 5.41) is 6.35. The minimum atomic E-state index is -0.250. The highest BCUT2D eigenvalue weighted by atomic mass is 35.5. The predicted octanol–water partition coefficient (Wildman–Crippen LogP) is 3.45. The summed E-state index contributed by atoms with van der Waals surface area (Å²) in [6, 6.07) is 5.49. The number of hydrogen-bond donors (Lipinski definition) is 2. The zero-order valence-electron chi connectivity index (χ0n) is 14.6. The van der Waals surface area contributed by atoms with Gasteiger partial charge in [0.2, 0.25) is 0 Å². The number of halogens is 1. The van der Waals surface area contributed by atoms with Gasteiger partial charge in [-0.25, -0.2) is 9.59 Å². The Morgan fingerprint density at radius 2 is 1.72 bits per heavy atom. The molecule has 2 heterocycles. The molecule has 2 N–H and O–H groups in total. The molecule has 0 aliphatic carbocycles. The molecule has 2 saturated heterocycles. The number of hydrogen-bond acceptors (Lipinski definition) is 2. The van der Waals surface area contributed by atoms with Crippen molar-refractivity contribution in [2.75, 3.05) is 31.5 Å². The quantitative estimate of drug-likeness (QED) is 0.844. The summed E-state index contributed by atoms with van der Waals surface area (Å²) in [4.78, 5) is 28.5. The van der Waals surface area contributed by atoms with Crippen LogP contribution in [0.4, 0.5) is 15.3 Å². The van der Waals surface area contributed by atoms with E-state index in [1.54, 1.807) is 6.07 Å². The van der Waals surface area contributed by atoms with Gasteiger partial charge in [0.15, 0.2) is 0 Å². The summed E-state index contributed by atoms with van der Waals surface area (Å²) in [7, 11) is 0. The molecule has 2 aliphatic heterocycles. The molecule has 0 bridgehead atoms. The van der Waals surface area contributed by atoms with Crippen LogP contribution in [0.25, 0.3) is 0 Å². The van der Waals surface area contributed by atoms with E-state index in [0.29, 0.717) is 23.8 Å². The highest BCUT2D eigenvalue weighted by molar-refractivity contribution is 6.33. The Bertz CT molecular complexity index is 618. The summed E-state index contributed by atoms with van der Waals surface area (Å²) in [6.07, 6.45) is 3.75. The van der Waals surface area contributed by atoms with Crippen LogP contribution in [0, 0.1) is 6.92 Å². The van der Waals surface area contributed by atoms with Gasteiger partial charge in [0.05, 0.1) is 10.7 Å². The van der Waals surface area contributed by atoms with Gasteiger partial charge in [-0.05, 0) is 44.2 Å². The van der Waals surface area contributed by atoms with Crippen LogP contribution in [0.15, 0.2) is 18.2 Å². The molecule has 2 fully saturated rings. The van der Waals surface area contributed by atoms with Crippen molar-refractivity contribution in [1.29, 1.82) is 0 Å². The van der Waals surface area contributed by atoms with Gasteiger partial charge in [0.1, 0.15) is 0 Å². The number of aryl methyl sites for hydroxylation is 1. The molecule has 0 saturated carbocycles. The number of anilines is 1. The lowest BCUT2D eigenvalue weighted by Crippen LogP contribution is -2.50. The topological polar surface area (TPSA) is 64.7 Å². The second-order valence-electron chi connectivity index (χ2n) is 6.77. The van der Waals surface area contributed by atoms with Gasteiger partial charge in [0.25, 0.3) is 0 Å². The lowest BCUT2D eigenvalue weighted by atomic mass is 10.1. The normalized spacial score (nSPS) is 18.3. The molecule has 4 amide bonds. The van der Waals surface area contributed by atoms with Crippen LogP contribution in [0.3, 0.4) is 0 Å². The number of nitrogens with one attached hydrogen (secondary N) is 2. The van der Waals surface area contributed by atoms with E-state index < -0.39 is 0 Å². The number of piperidine rings is 1. The largest absolute Gasteiger partial charge is 0.335 e. The first-order valence-corrected chi connectivity index (χ1v) is 9.29. The van der Waals surface area contributed by atoms with Crippen LogP contribution < -0.4 is 10.6 Å². The fourth-order valence-corrected chi connectivity index (χ4v) is 3.72. The maximum absolute atomic E-state index is 12.4. The van der Waals surface area contributed by atoms with E-state index in [4.69, 9.17) is 11.6 Å². The van der Waals surface area contributed by atoms with E-state index in [1.807, 2.05) is 28.9 Å². The third kappa shape index (κ3) is 4.37. The number of carbonyl (C=O) groups is 2. The molecule has 0 radical (unpaired) electrons. The number of amides is 4. The number of para-hydroxylation sites is 1. The Labute approximate surface area is 153 Å². The average molecular weight is 365 g/mol. The van der Waals surface area contributed by atoms with Crippen LogP contribution >= 0.6 is 11.6 Å². The standard InChI is InChI=1S/C18H25ClN4O2/c1-13-5-4-6-15(19)16(13)21-17(24)20-14-7-11-23(12-8-14)18(25)22-9-2-3-10-22/h4-6,14H,2-3,7-12H2,1H3,(H2,20,21,24). The first kappa shape index (κ1) is 17.9. The van der Waals surface area contributed by atoms with Crippen LogP contribution in [-0.2, 0) is 0 Å². The van der Waals surface area contributed by atoms with E-state index >= 15 is 0 Å². The van der Waals surface area contributed by atoms with Gasteiger partial charge in [-0.1, -0.05) is 23.7 Å². The summed E-state index contributed by atoms with van der Waals surface area (Å²) in [5.74, 6) is 0. The van der Waals surface area contributed by atoms with Gasteiger partial charge in [-0.3, -0.25) is 0 Å². The van der Waals surface area contributed by atoms with Crippen LogP contribution in [0.5, 0.6) is 0 Å². The average Bonchev–Trinajstić information content (AvgIpc) is 3.13. The Balaban J connectivity index is 1.47. The predicted molar refractivity (Wildman–Crippen MR) is 99.1 cm³/mol. The molecule has 6 nitrogen and oxygen atoms in total. The van der Waals surface area contributed by atoms with E-state index in [-0.39, 0.29) is 18.1 Å². The summed E-state index contributed by atoms with van der Waals surface area (Å²) < 4.78 is 0. The molecule has 0 aromatic heterocycles. The molecular weight excluding hydrogens is 340 g/mol. The third-order valence-corrected chi connectivity index (χ3v) is 5.25. The zero-order chi connectivity index (χ0) is 17.8. The SMILES string of the molecule is Cc1cccc(Cl)c1NC(=O)NC1CCN(C(=O)N2CCCC2)CC1. The molecule has 3 rings (SSSR count). The van der Waals surface area contributed by atoms with Crippen molar-refractivity contribution < 1.29 is 9.59 Å². The van der Waals surface area contributed by atoms with E-state index in [9.17, 15) is 9.59 Å². The molecule has 0 spiro atoms. The van der Waals surface area contributed by atoms with Gasteiger partial charge < -0.3 is 20.4 Å². The number of rotatable bonds is 2. The summed E-state index contributed by atoms with van der Waals surface area (Å²) in [5.41, 5.74) is 1.57. The molecular formula is C18H25ClN4O2. The Morgan fingerprint density at radius 1 is 1.08 bits per heavy atom. The Hall–Kier alpha value is -1.95. The van der Waals surface area contributed by atoms with Crippen molar-refractivity contribution in [3.63, 3.8) is 0 Å². The van der Waals surface area contributed by atoms with Crippen molar-refractivity contribution in [3.8, 4) is 0 Å². The number of likely N-dealkylation sites (tertiary alicyclic amines) is 2. The second kappa shape index (κ2) is 7.95. The van der Waals surface area contributed by atoms with Crippen LogP contribution in [0.1, 0.15) is 31.2 Å². The number of nitrogens with zero attached hydrogens (tertiary/aromatic N) is 2. The zero-order valence-corrected chi connectivity index (χ0v) is 15.3. The highest BCUT2D eigenvalue weighted by Crippen LogP contribution is 2.25. The number of benzene rings is 1. The van der Waals surface area contributed by atoms with Crippen molar-refractivity contribution >= 4 is 29.4 Å². The molecule has 7 heteroatoms. The molecule has 136 valence electrons. The Kier molecular flexibility index (Phi) is 5.68. The molecule has 25 heavy (non-hydrogen) atoms. The maximum atomic E-state index is 12.4. The highest BCUT2D eigenvalue weighted by Gasteiger charge is 2.28. The lowest BCUT2D eigenvalue weighted by Gasteiger charge is -2.34. The van der Waals surface area contributed by atoms with Gasteiger partial charge in [0, 0.05) is 32.2 Å². The molecule has 2 aliphatic rings. The van der Waals surface area contributed by atoms with Gasteiger partial charge >= 0.3 is 12.1 Å². The van der Waals surface area contributed by atoms with Crippen LogP contribution in [-0.4, -0.2) is 54.1 Å². The first-order valence-electron chi connectivity index (χ1n) is 8.91. The third-order valence-electron chi connectivity index (χ3n) is 4.94. The second-order valence-corrected chi connectivity index (χ2v) is 7.18. The van der Waals surface area contributed by atoms with E-state index in [0.717, 1.165) is 44.3 Å². The summed E-state index contributed by atoms with van der Waals surface area (Å²) in [6.45, 7) is 5.02. The molecule has 1 aromatic carbocycles. The van der Waals surface area contributed by atoms with E-state index in [1.165, 1.54) is 0 Å². The fraction of sp³-hybridized carbons (Fsp3) is 0.556. The van der Waals surface area contributed by atoms with E-state index in [2.05, 4.69) is 10.6 Å². The number of urea groups is 2. The molecule has 0 atom stereocenters. The summed E-state index contributed by atoms with van der Waals surface area (Å²) >= 11 is 6.14. The minimum Gasteiger partial charge on any atom is -0.335 e. The molecule has 1 aromatic rings. The monoisotopic (exact) mass is 364 g/mol. The van der Waals surface area contributed by atoms with Gasteiger partial charge in [-0.15, -0.1) is 0 Å².